The molecule has 0 radical (unpaired) electrons. The lowest BCUT2D eigenvalue weighted by Crippen LogP contribution is -2.33. The van der Waals surface area contributed by atoms with Gasteiger partial charge in [-0.3, -0.25) is 4.79 Å². The lowest BCUT2D eigenvalue weighted by atomic mass is 9.97. The van der Waals surface area contributed by atoms with Crippen molar-refractivity contribution < 1.29 is 28.1 Å². The fraction of sp³-hybridized carbons (Fsp3) is 0.350. The van der Waals surface area contributed by atoms with E-state index in [4.69, 9.17) is 36.3 Å². The number of pyridine rings is 2. The Hall–Kier alpha value is -2.93. The molecule has 3 aromatic heterocycles. The van der Waals surface area contributed by atoms with Crippen LogP contribution in [0.4, 0.5) is 4.39 Å². The molecule has 0 spiro atoms. The SMILES string of the molecule is COc1cnc(Cl)c(F)c1-c1cc(C)nc(-c2nnc(OC[C@H]3COCCO3)s2)c1C(N)=O. The number of halogens is 2. The number of primary amides is 1. The standard InChI is InChI=1S/C20H19ClFN5O5S/c1-9-5-11(13-12(29-2)6-24-17(21)15(13)22)14(18(23)28)16(25-9)19-26-27-20(33-19)32-8-10-7-30-3-4-31-10/h5-6,10H,3-4,7-8H2,1-2H3,(H2,23,28)/t10-/m1/s1. The molecule has 1 aliphatic rings. The molecule has 0 bridgehead atoms. The van der Waals surface area contributed by atoms with Crippen LogP contribution in [-0.4, -0.2) is 65.7 Å². The highest BCUT2D eigenvalue weighted by Crippen LogP contribution is 2.40. The largest absolute Gasteiger partial charge is 0.494 e. The van der Waals surface area contributed by atoms with E-state index in [9.17, 15) is 4.79 Å². The van der Waals surface area contributed by atoms with Crippen LogP contribution >= 0.6 is 22.9 Å². The highest BCUT2D eigenvalue weighted by molar-refractivity contribution is 7.16. The summed E-state index contributed by atoms with van der Waals surface area (Å²) in [7, 11) is 1.35. The Bertz CT molecular complexity index is 1190. The van der Waals surface area contributed by atoms with E-state index in [1.54, 1.807) is 6.92 Å². The number of nitrogens with zero attached hydrogens (tertiary/aromatic N) is 4. The van der Waals surface area contributed by atoms with Crippen molar-refractivity contribution >= 4 is 28.8 Å². The highest BCUT2D eigenvalue weighted by Gasteiger charge is 2.27. The molecule has 0 saturated carbocycles. The Morgan fingerprint density at radius 2 is 2.21 bits per heavy atom. The van der Waals surface area contributed by atoms with E-state index in [2.05, 4.69) is 20.2 Å². The number of amides is 1. The van der Waals surface area contributed by atoms with Gasteiger partial charge in [-0.25, -0.2) is 14.4 Å². The molecule has 1 atom stereocenters. The van der Waals surface area contributed by atoms with Crippen LogP contribution in [-0.2, 0) is 9.47 Å². The van der Waals surface area contributed by atoms with Gasteiger partial charge in [-0.1, -0.05) is 28.0 Å². The Kier molecular flexibility index (Phi) is 6.98. The fourth-order valence-corrected chi connectivity index (χ4v) is 4.13. The lowest BCUT2D eigenvalue weighted by Gasteiger charge is -2.22. The maximum atomic E-state index is 15.0. The summed E-state index contributed by atoms with van der Waals surface area (Å²) in [5.74, 6) is -1.62. The molecule has 1 amide bonds. The molecule has 4 rings (SSSR count). The summed E-state index contributed by atoms with van der Waals surface area (Å²) in [4.78, 5) is 20.7. The zero-order valence-corrected chi connectivity index (χ0v) is 19.2. The second-order valence-corrected chi connectivity index (χ2v) is 8.26. The average Bonchev–Trinajstić information content (AvgIpc) is 3.28. The summed E-state index contributed by atoms with van der Waals surface area (Å²) in [6.07, 6.45) is 1.04. The lowest BCUT2D eigenvalue weighted by molar-refractivity contribution is -0.101. The van der Waals surface area contributed by atoms with Gasteiger partial charge in [-0.05, 0) is 13.0 Å². The van der Waals surface area contributed by atoms with Gasteiger partial charge in [0.1, 0.15) is 24.2 Å². The molecule has 1 fully saturated rings. The van der Waals surface area contributed by atoms with Gasteiger partial charge >= 0.3 is 0 Å². The van der Waals surface area contributed by atoms with Crippen molar-refractivity contribution in [3.05, 3.63) is 34.5 Å². The van der Waals surface area contributed by atoms with Crippen LogP contribution in [0, 0.1) is 12.7 Å². The first kappa shape index (κ1) is 23.2. The van der Waals surface area contributed by atoms with E-state index in [-0.39, 0.29) is 56.2 Å². The van der Waals surface area contributed by atoms with Crippen LogP contribution in [0.5, 0.6) is 10.9 Å². The Morgan fingerprint density at radius 1 is 1.39 bits per heavy atom. The number of methoxy groups -OCH3 is 1. The molecule has 10 nitrogen and oxygen atoms in total. The van der Waals surface area contributed by atoms with Gasteiger partial charge < -0.3 is 24.7 Å². The van der Waals surface area contributed by atoms with Gasteiger partial charge in [0.2, 0.25) is 0 Å². The molecule has 1 saturated heterocycles. The van der Waals surface area contributed by atoms with Crippen molar-refractivity contribution in [1.29, 1.82) is 0 Å². The number of hydrogen-bond donors (Lipinski definition) is 1. The van der Waals surface area contributed by atoms with Crippen molar-refractivity contribution in [1.82, 2.24) is 20.2 Å². The van der Waals surface area contributed by atoms with Crippen LogP contribution in [0.15, 0.2) is 12.3 Å². The fourth-order valence-electron chi connectivity index (χ4n) is 3.29. The molecule has 13 heteroatoms. The van der Waals surface area contributed by atoms with E-state index < -0.39 is 11.7 Å². The van der Waals surface area contributed by atoms with Gasteiger partial charge in [0.05, 0.1) is 44.3 Å². The predicted molar refractivity (Wildman–Crippen MR) is 117 cm³/mol. The highest BCUT2D eigenvalue weighted by atomic mass is 35.5. The minimum atomic E-state index is -0.856. The zero-order chi connectivity index (χ0) is 23.5. The van der Waals surface area contributed by atoms with Crippen molar-refractivity contribution in [3.8, 4) is 32.8 Å². The maximum Gasteiger partial charge on any atom is 0.294 e. The van der Waals surface area contributed by atoms with E-state index in [1.807, 2.05) is 0 Å². The number of hydrogen-bond acceptors (Lipinski definition) is 10. The topological polar surface area (TPSA) is 132 Å². The number of rotatable bonds is 7. The smallest absolute Gasteiger partial charge is 0.294 e. The summed E-state index contributed by atoms with van der Waals surface area (Å²) < 4.78 is 36.8. The number of ether oxygens (including phenoxy) is 4. The first-order valence-electron chi connectivity index (χ1n) is 9.74. The summed E-state index contributed by atoms with van der Waals surface area (Å²) in [5.41, 5.74) is 6.32. The normalized spacial score (nSPS) is 15.9. The van der Waals surface area contributed by atoms with Gasteiger partial charge in [0, 0.05) is 11.3 Å². The minimum absolute atomic E-state index is 0.0616. The van der Waals surface area contributed by atoms with Crippen LogP contribution in [0.1, 0.15) is 16.1 Å². The monoisotopic (exact) mass is 495 g/mol. The van der Waals surface area contributed by atoms with E-state index in [0.29, 0.717) is 25.5 Å². The van der Waals surface area contributed by atoms with Crippen molar-refractivity contribution in [2.24, 2.45) is 5.73 Å². The Balaban J connectivity index is 1.75. The molecule has 0 aliphatic carbocycles. The van der Waals surface area contributed by atoms with E-state index in [1.165, 1.54) is 19.4 Å². The number of carbonyl (C=O) groups excluding carboxylic acids is 1. The van der Waals surface area contributed by atoms with Crippen LogP contribution in [0.2, 0.25) is 5.15 Å². The Labute approximate surface area is 196 Å². The second-order valence-electron chi connectivity index (χ2n) is 6.96. The van der Waals surface area contributed by atoms with E-state index in [0.717, 1.165) is 11.3 Å². The van der Waals surface area contributed by atoms with Gasteiger partial charge in [0.25, 0.3) is 11.1 Å². The third-order valence-corrected chi connectivity index (χ3v) is 5.82. The quantitative estimate of drug-likeness (QED) is 0.491. The number of aryl methyl sites for hydroxylation is 1. The molecule has 3 aromatic rings. The van der Waals surface area contributed by atoms with Gasteiger partial charge in [-0.15, -0.1) is 5.10 Å². The molecule has 174 valence electrons. The molecule has 0 unspecified atom stereocenters. The van der Waals surface area contributed by atoms with Crippen molar-refractivity contribution in [2.45, 2.75) is 13.0 Å². The maximum absolute atomic E-state index is 15.0. The first-order valence-corrected chi connectivity index (χ1v) is 10.9. The second kappa shape index (κ2) is 9.91. The van der Waals surface area contributed by atoms with Gasteiger partial charge in [0.15, 0.2) is 16.0 Å². The molecular formula is C20H19ClFN5O5S. The van der Waals surface area contributed by atoms with Crippen LogP contribution in [0.25, 0.3) is 21.8 Å². The van der Waals surface area contributed by atoms with Crippen LogP contribution in [0.3, 0.4) is 0 Å². The molecule has 33 heavy (non-hydrogen) atoms. The van der Waals surface area contributed by atoms with Crippen molar-refractivity contribution in [3.63, 3.8) is 0 Å². The summed E-state index contributed by atoms with van der Waals surface area (Å²) in [6, 6.07) is 1.51. The average molecular weight is 496 g/mol. The predicted octanol–water partition coefficient (Wildman–Crippen LogP) is 2.66. The Morgan fingerprint density at radius 3 is 2.91 bits per heavy atom. The zero-order valence-electron chi connectivity index (χ0n) is 17.6. The van der Waals surface area contributed by atoms with Crippen LogP contribution < -0.4 is 15.2 Å². The molecular weight excluding hydrogens is 477 g/mol. The number of aromatic nitrogens is 4. The van der Waals surface area contributed by atoms with E-state index >= 15 is 4.39 Å². The van der Waals surface area contributed by atoms with Gasteiger partial charge in [-0.2, -0.15) is 0 Å². The summed E-state index contributed by atoms with van der Waals surface area (Å²) in [5, 5.41) is 8.23. The first-order chi connectivity index (χ1) is 15.9. The van der Waals surface area contributed by atoms with Crippen molar-refractivity contribution in [2.75, 3.05) is 33.5 Å². The minimum Gasteiger partial charge on any atom is -0.494 e. The summed E-state index contributed by atoms with van der Waals surface area (Å²) in [6.45, 7) is 3.37. The molecule has 1 aliphatic heterocycles. The third kappa shape index (κ3) is 4.88. The number of nitrogens with two attached hydrogens (primary N) is 1. The molecule has 0 aromatic carbocycles. The molecule has 2 N–H and O–H groups in total. The third-order valence-electron chi connectivity index (χ3n) is 4.71. The number of carbonyl (C=O) groups is 1. The summed E-state index contributed by atoms with van der Waals surface area (Å²) >= 11 is 6.96. The molecule has 4 heterocycles.